The topological polar surface area (TPSA) is 62.7 Å². The lowest BCUT2D eigenvalue weighted by Gasteiger charge is -2.36. The minimum absolute atomic E-state index is 0.0646. The molecule has 1 aromatic heterocycles. The van der Waals surface area contributed by atoms with Crippen molar-refractivity contribution >= 4 is 40.2 Å². The number of thioether (sulfide) groups is 1. The maximum absolute atomic E-state index is 15.5. The number of carboxylic acid groups (broad SMARTS) is 1. The third-order valence-corrected chi connectivity index (χ3v) is 8.04. The van der Waals surface area contributed by atoms with E-state index in [4.69, 9.17) is 16.3 Å². The van der Waals surface area contributed by atoms with Gasteiger partial charge in [-0.25, -0.2) is 4.39 Å². The highest BCUT2D eigenvalue weighted by atomic mass is 35.5. The highest BCUT2D eigenvalue weighted by Crippen LogP contribution is 2.38. The second-order valence-electron chi connectivity index (χ2n) is 8.90. The molecule has 0 unspecified atom stereocenters. The Kier molecular flexibility index (Phi) is 8.87. The molecule has 0 aliphatic carbocycles. The monoisotopic (exact) mass is 516 g/mol. The Balaban J connectivity index is 1.37. The fraction of sp³-hybridized carbons (Fsp3) is 0.407. The Bertz CT molecular complexity index is 1150. The summed E-state index contributed by atoms with van der Waals surface area (Å²) < 4.78 is 20.8. The van der Waals surface area contributed by atoms with Gasteiger partial charge in [-0.2, -0.15) is 0 Å². The number of halogens is 2. The first-order valence-electron chi connectivity index (χ1n) is 11.9. The number of methoxy groups -OCH3 is 1. The molecule has 8 heteroatoms. The van der Waals surface area contributed by atoms with Gasteiger partial charge in [0.15, 0.2) is 0 Å². The molecule has 0 radical (unpaired) electrons. The van der Waals surface area contributed by atoms with Crippen molar-refractivity contribution in [1.29, 1.82) is 0 Å². The summed E-state index contributed by atoms with van der Waals surface area (Å²) in [5.41, 5.74) is 1.05. The normalized spacial score (nSPS) is 19.5. The van der Waals surface area contributed by atoms with Crippen LogP contribution in [0.1, 0.15) is 31.0 Å². The molecule has 0 amide bonds. The van der Waals surface area contributed by atoms with E-state index < -0.39 is 18.1 Å². The number of aliphatic carboxylic acids is 1. The van der Waals surface area contributed by atoms with Crippen LogP contribution in [0.25, 0.3) is 10.9 Å². The largest absolute Gasteiger partial charge is 0.497 e. The third kappa shape index (κ3) is 6.46. The number of nitrogens with zero attached hydrogens (tertiary/aromatic N) is 2. The van der Waals surface area contributed by atoms with E-state index >= 15 is 4.39 Å². The maximum atomic E-state index is 15.5. The number of carboxylic acids is 1. The number of fused-ring (bicyclic) bond motifs is 1. The van der Waals surface area contributed by atoms with E-state index in [0.717, 1.165) is 25.3 Å². The standard InChI is InChI=1S/C27H30ClFN2O3S/c1-34-19-8-10-25-21(15-19)26(23(28)16-30-25)24(29)9-7-18-11-12-31(17-22(18)27(32)33)13-14-35-20-5-3-2-4-6-20/h2-6,8,10,15-16,18,22,24H,7,9,11-14,17H2,1H3,(H,32,33)/t18-,22+,24-/m0/s1. The molecule has 3 aromatic rings. The molecule has 0 saturated carbocycles. The summed E-state index contributed by atoms with van der Waals surface area (Å²) in [6.07, 6.45) is 1.63. The lowest BCUT2D eigenvalue weighted by atomic mass is 9.81. The first-order valence-corrected chi connectivity index (χ1v) is 13.2. The van der Waals surface area contributed by atoms with Crippen molar-refractivity contribution < 1.29 is 19.0 Å². The van der Waals surface area contributed by atoms with Crippen molar-refractivity contribution in [2.75, 3.05) is 32.5 Å². The minimum atomic E-state index is -1.31. The average molecular weight is 517 g/mol. The number of rotatable bonds is 10. The van der Waals surface area contributed by atoms with Crippen LogP contribution in [-0.4, -0.2) is 53.5 Å². The van der Waals surface area contributed by atoms with Gasteiger partial charge in [-0.15, -0.1) is 11.8 Å². The average Bonchev–Trinajstić information content (AvgIpc) is 2.87. The van der Waals surface area contributed by atoms with E-state index in [-0.39, 0.29) is 17.4 Å². The van der Waals surface area contributed by atoms with Gasteiger partial charge in [0.2, 0.25) is 0 Å². The SMILES string of the molecule is COc1ccc2ncc(Cl)c([C@@H](F)CC[C@H]3CCN(CCSc4ccccc4)C[C@H]3C(=O)O)c2c1. The van der Waals surface area contributed by atoms with E-state index in [0.29, 0.717) is 35.2 Å². The lowest BCUT2D eigenvalue weighted by molar-refractivity contribution is -0.146. The highest BCUT2D eigenvalue weighted by molar-refractivity contribution is 7.99. The van der Waals surface area contributed by atoms with Crippen LogP contribution in [0.15, 0.2) is 59.6 Å². The molecule has 2 aromatic carbocycles. The van der Waals surface area contributed by atoms with Gasteiger partial charge in [0.05, 0.1) is 23.6 Å². The van der Waals surface area contributed by atoms with E-state index in [1.807, 2.05) is 18.2 Å². The highest BCUT2D eigenvalue weighted by Gasteiger charge is 2.34. The minimum Gasteiger partial charge on any atom is -0.497 e. The quantitative estimate of drug-likeness (QED) is 0.310. The molecular formula is C27H30ClFN2O3S. The van der Waals surface area contributed by atoms with E-state index in [2.05, 4.69) is 22.0 Å². The predicted octanol–water partition coefficient (Wildman–Crippen LogP) is 6.50. The number of hydrogen-bond acceptors (Lipinski definition) is 5. The molecule has 186 valence electrons. The van der Waals surface area contributed by atoms with Crippen LogP contribution in [0, 0.1) is 11.8 Å². The number of benzene rings is 2. The molecule has 1 aliphatic rings. The molecule has 0 bridgehead atoms. The number of carbonyl (C=O) groups is 1. The van der Waals surface area contributed by atoms with Crippen molar-refractivity contribution in [3.63, 3.8) is 0 Å². The fourth-order valence-electron chi connectivity index (χ4n) is 4.82. The molecule has 2 heterocycles. The zero-order valence-corrected chi connectivity index (χ0v) is 21.3. The smallest absolute Gasteiger partial charge is 0.308 e. The van der Waals surface area contributed by atoms with Gasteiger partial charge < -0.3 is 14.7 Å². The van der Waals surface area contributed by atoms with Crippen molar-refractivity contribution in [1.82, 2.24) is 9.88 Å². The molecule has 35 heavy (non-hydrogen) atoms. The molecule has 1 aliphatic heterocycles. The molecule has 1 fully saturated rings. The van der Waals surface area contributed by atoms with Crippen LogP contribution in [0.2, 0.25) is 5.02 Å². The van der Waals surface area contributed by atoms with Crippen molar-refractivity contribution in [2.24, 2.45) is 11.8 Å². The maximum Gasteiger partial charge on any atom is 0.308 e. The summed E-state index contributed by atoms with van der Waals surface area (Å²) >= 11 is 8.14. The Morgan fingerprint density at radius 1 is 1.31 bits per heavy atom. The Hall–Kier alpha value is -2.35. The van der Waals surface area contributed by atoms with Crippen molar-refractivity contribution in [3.8, 4) is 5.75 Å². The van der Waals surface area contributed by atoms with Gasteiger partial charge in [-0.05, 0) is 62.1 Å². The van der Waals surface area contributed by atoms with Crippen LogP contribution in [0.5, 0.6) is 5.75 Å². The van der Waals surface area contributed by atoms with Gasteiger partial charge in [-0.1, -0.05) is 29.8 Å². The number of piperidine rings is 1. The number of aromatic nitrogens is 1. The van der Waals surface area contributed by atoms with E-state index in [9.17, 15) is 9.90 Å². The van der Waals surface area contributed by atoms with Gasteiger partial charge in [0.25, 0.3) is 0 Å². The molecule has 5 nitrogen and oxygen atoms in total. The Morgan fingerprint density at radius 2 is 2.11 bits per heavy atom. The van der Waals surface area contributed by atoms with Gasteiger partial charge in [-0.3, -0.25) is 9.78 Å². The number of ether oxygens (including phenoxy) is 1. The summed E-state index contributed by atoms with van der Waals surface area (Å²) in [4.78, 5) is 19.8. The van der Waals surface area contributed by atoms with Gasteiger partial charge in [0.1, 0.15) is 11.9 Å². The summed E-state index contributed by atoms with van der Waals surface area (Å²) in [7, 11) is 1.56. The summed E-state index contributed by atoms with van der Waals surface area (Å²) in [5.74, 6) is 0.152. The lowest BCUT2D eigenvalue weighted by Crippen LogP contribution is -2.44. The van der Waals surface area contributed by atoms with Crippen LogP contribution < -0.4 is 4.74 Å². The van der Waals surface area contributed by atoms with Crippen LogP contribution in [0.3, 0.4) is 0 Å². The summed E-state index contributed by atoms with van der Waals surface area (Å²) in [6, 6.07) is 15.5. The number of hydrogen-bond donors (Lipinski definition) is 1. The Morgan fingerprint density at radius 3 is 2.86 bits per heavy atom. The second-order valence-corrected chi connectivity index (χ2v) is 10.5. The van der Waals surface area contributed by atoms with Crippen LogP contribution in [-0.2, 0) is 4.79 Å². The molecule has 3 atom stereocenters. The van der Waals surface area contributed by atoms with Crippen molar-refractivity contribution in [3.05, 3.63) is 65.3 Å². The second kappa shape index (κ2) is 12.1. The number of pyridine rings is 1. The fourth-order valence-corrected chi connectivity index (χ4v) is 6.03. The summed E-state index contributed by atoms with van der Waals surface area (Å²) in [6.45, 7) is 2.17. The van der Waals surface area contributed by atoms with Crippen LogP contribution in [0.4, 0.5) is 4.39 Å². The van der Waals surface area contributed by atoms with Crippen LogP contribution >= 0.6 is 23.4 Å². The zero-order valence-electron chi connectivity index (χ0n) is 19.7. The molecule has 4 rings (SSSR count). The molecule has 0 spiro atoms. The van der Waals surface area contributed by atoms with Gasteiger partial charge >= 0.3 is 5.97 Å². The molecule has 1 saturated heterocycles. The van der Waals surface area contributed by atoms with Gasteiger partial charge in [0, 0.05) is 40.9 Å². The Labute approximate surface area is 214 Å². The predicted molar refractivity (Wildman–Crippen MR) is 139 cm³/mol. The first kappa shape index (κ1) is 25.7. The summed E-state index contributed by atoms with van der Waals surface area (Å²) in [5, 5.41) is 10.8. The third-order valence-electron chi connectivity index (χ3n) is 6.75. The van der Waals surface area contributed by atoms with E-state index in [1.54, 1.807) is 37.1 Å². The first-order chi connectivity index (χ1) is 17.0. The molecule has 1 N–H and O–H groups in total. The number of likely N-dealkylation sites (tertiary alicyclic amines) is 1. The van der Waals surface area contributed by atoms with E-state index in [1.165, 1.54) is 11.1 Å². The number of alkyl halides is 1. The molecular weight excluding hydrogens is 487 g/mol. The zero-order chi connectivity index (χ0) is 24.8. The van der Waals surface area contributed by atoms with Crippen molar-refractivity contribution in [2.45, 2.75) is 30.3 Å².